The van der Waals surface area contributed by atoms with Gasteiger partial charge in [0, 0.05) is 0 Å². The molecular formula is C40H49Cl2FZr. The zero-order valence-electron chi connectivity index (χ0n) is 28.5. The Bertz CT molecular complexity index is 1630. The second-order valence-corrected chi connectivity index (χ2v) is 20.8. The van der Waals surface area contributed by atoms with E-state index in [0.29, 0.717) is 5.92 Å². The van der Waals surface area contributed by atoms with Gasteiger partial charge in [-0.2, -0.15) is 0 Å². The number of halogens is 3. The summed E-state index contributed by atoms with van der Waals surface area (Å²) in [6.07, 6.45) is 4.62. The molecule has 5 rings (SSSR count). The van der Waals surface area contributed by atoms with Crippen LogP contribution >= 0.6 is 0 Å². The summed E-state index contributed by atoms with van der Waals surface area (Å²) < 4.78 is 20.0. The third kappa shape index (κ3) is 7.04. The summed E-state index contributed by atoms with van der Waals surface area (Å²) >= 11 is -2.75. The van der Waals surface area contributed by atoms with Gasteiger partial charge in [0.15, 0.2) is 0 Å². The van der Waals surface area contributed by atoms with Crippen LogP contribution in [0.25, 0.3) is 11.1 Å². The summed E-state index contributed by atoms with van der Waals surface area (Å²) in [5, 5.41) is 0. The van der Waals surface area contributed by atoms with Crippen LogP contribution in [0.4, 0.5) is 4.39 Å². The molecule has 1 atom stereocenters. The van der Waals surface area contributed by atoms with Gasteiger partial charge < -0.3 is 24.8 Å². The van der Waals surface area contributed by atoms with Gasteiger partial charge in [-0.1, -0.05) is 0 Å². The van der Waals surface area contributed by atoms with Crippen LogP contribution in [0.5, 0.6) is 0 Å². The van der Waals surface area contributed by atoms with Gasteiger partial charge in [-0.3, -0.25) is 0 Å². The Morgan fingerprint density at radius 3 is 1.95 bits per heavy atom. The number of allylic oxidation sites excluding steroid dienone is 4. The summed E-state index contributed by atoms with van der Waals surface area (Å²) in [6, 6.07) is 19.3. The number of hydrogen-bond acceptors (Lipinski definition) is 0. The fourth-order valence-electron chi connectivity index (χ4n) is 7.03. The zero-order chi connectivity index (χ0) is 30.8. The SMILES string of the molecule is CCC1=[C](/[Zr+2](=[CH]/c2ccc(F)cc2)[c]2c(C(C)(C)C)ccc3c2Cc2cc(C(C)(C)C)ccc2-3)C(C)C=C1C(C)(C)C.[Cl-].[Cl-]. The van der Waals surface area contributed by atoms with Crippen molar-refractivity contribution >= 4 is 6.98 Å². The quantitative estimate of drug-likeness (QED) is 0.295. The minimum Gasteiger partial charge on any atom is -1.00 e. The van der Waals surface area contributed by atoms with Crippen LogP contribution in [-0.4, -0.2) is 3.71 Å². The average Bonchev–Trinajstić information content (AvgIpc) is 3.43. The van der Waals surface area contributed by atoms with Gasteiger partial charge in [0.1, 0.15) is 0 Å². The molecule has 0 spiro atoms. The van der Waals surface area contributed by atoms with E-state index in [2.05, 4.69) is 116 Å². The summed E-state index contributed by atoms with van der Waals surface area (Å²) in [5.74, 6) is 0.248. The molecule has 0 aliphatic heterocycles. The summed E-state index contributed by atoms with van der Waals surface area (Å²) in [7, 11) is 0. The first-order valence-electron chi connectivity index (χ1n) is 15.7. The maximum atomic E-state index is 14.1. The van der Waals surface area contributed by atoms with Crippen molar-refractivity contribution in [3.8, 4) is 11.1 Å². The molecule has 2 aliphatic carbocycles. The molecule has 0 fully saturated rings. The van der Waals surface area contributed by atoms with Crippen molar-refractivity contribution in [3.05, 3.63) is 109 Å². The van der Waals surface area contributed by atoms with Gasteiger partial charge in [0.05, 0.1) is 0 Å². The van der Waals surface area contributed by atoms with Crippen LogP contribution in [0.2, 0.25) is 0 Å². The maximum absolute atomic E-state index is 14.1. The van der Waals surface area contributed by atoms with Gasteiger partial charge in [-0.15, -0.1) is 0 Å². The third-order valence-electron chi connectivity index (χ3n) is 9.17. The fourth-order valence-corrected chi connectivity index (χ4v) is 15.9. The molecular weight excluding hydrogens is 662 g/mol. The number of hydrogen-bond donors (Lipinski definition) is 0. The van der Waals surface area contributed by atoms with E-state index in [1.807, 2.05) is 12.1 Å². The normalized spacial score (nSPS) is 16.3. The van der Waals surface area contributed by atoms with Gasteiger partial charge >= 0.3 is 264 Å². The minimum absolute atomic E-state index is 0. The van der Waals surface area contributed by atoms with Crippen LogP contribution in [0, 0.1) is 17.2 Å². The second-order valence-electron chi connectivity index (χ2n) is 15.5. The van der Waals surface area contributed by atoms with Crippen LogP contribution in [0.3, 0.4) is 0 Å². The number of rotatable bonds is 4. The van der Waals surface area contributed by atoms with E-state index < -0.39 is 21.3 Å². The van der Waals surface area contributed by atoms with Crippen molar-refractivity contribution in [1.29, 1.82) is 0 Å². The minimum atomic E-state index is -2.75. The maximum Gasteiger partial charge on any atom is -1.00 e. The van der Waals surface area contributed by atoms with Crippen molar-refractivity contribution < 1.29 is 50.5 Å². The molecule has 234 valence electrons. The van der Waals surface area contributed by atoms with Crippen LogP contribution in [0.1, 0.15) is 110 Å². The molecule has 0 aromatic heterocycles. The van der Waals surface area contributed by atoms with E-state index >= 15 is 0 Å². The van der Waals surface area contributed by atoms with Crippen molar-refractivity contribution in [2.45, 2.75) is 99.8 Å². The van der Waals surface area contributed by atoms with Crippen LogP contribution in [-0.2, 0) is 38.5 Å². The van der Waals surface area contributed by atoms with Crippen molar-refractivity contribution in [2.75, 3.05) is 0 Å². The van der Waals surface area contributed by atoms with Crippen LogP contribution < -0.4 is 28.1 Å². The largest absolute Gasteiger partial charge is 1.00 e. The second kappa shape index (κ2) is 13.3. The van der Waals surface area contributed by atoms with Gasteiger partial charge in [0.2, 0.25) is 0 Å². The standard InChI is InChI=1S/C21H25.C12H19.C7H5F.2ClH.Zr/c1-20(2,3)16-7-9-18-14(12-16)11-15-13-17(21(4,5)6)8-10-19(15)18;1-6-10-7-9(2)8-11(10)12(3,4)5;1-6-2-4-7(8)5-3-6;;;/h7-10,12H,11H2,1-6H3;8-9H,6H2,1-5H3;1-5H;2*1H;/q;;;;;+2/p-2. The van der Waals surface area contributed by atoms with Crippen LogP contribution in [0.15, 0.2) is 75.1 Å². The first-order valence-corrected chi connectivity index (χ1v) is 19.6. The molecule has 0 nitrogen and oxygen atoms in total. The summed E-state index contributed by atoms with van der Waals surface area (Å²) in [5.41, 5.74) is 13.3. The molecule has 0 radical (unpaired) electrons. The molecule has 0 amide bonds. The van der Waals surface area contributed by atoms with Crippen molar-refractivity contribution in [2.24, 2.45) is 11.3 Å². The van der Waals surface area contributed by atoms with E-state index in [4.69, 9.17) is 0 Å². The Labute approximate surface area is 286 Å². The number of benzene rings is 3. The summed E-state index contributed by atoms with van der Waals surface area (Å²) in [6.45, 7) is 25.9. The molecule has 44 heavy (non-hydrogen) atoms. The van der Waals surface area contributed by atoms with Gasteiger partial charge in [0.25, 0.3) is 0 Å². The molecule has 0 saturated heterocycles. The van der Waals surface area contributed by atoms with Crippen molar-refractivity contribution in [1.82, 2.24) is 0 Å². The van der Waals surface area contributed by atoms with E-state index in [1.54, 1.807) is 29.8 Å². The smallest absolute Gasteiger partial charge is 1.00 e. The van der Waals surface area contributed by atoms with Gasteiger partial charge in [-0.25, -0.2) is 0 Å². The average molecular weight is 711 g/mol. The topological polar surface area (TPSA) is 0 Å². The molecule has 3 aromatic rings. The third-order valence-corrected chi connectivity index (χ3v) is 16.7. The van der Waals surface area contributed by atoms with E-state index in [0.717, 1.165) is 18.4 Å². The predicted octanol–water partition coefficient (Wildman–Crippen LogP) is 4.38. The molecule has 0 heterocycles. The molecule has 0 saturated carbocycles. The first kappa shape index (κ1) is 36.9. The summed E-state index contributed by atoms with van der Waals surface area (Å²) in [4.78, 5) is 0. The molecule has 0 bridgehead atoms. The molecule has 2 aliphatic rings. The molecule has 3 aromatic carbocycles. The fraction of sp³-hybridized carbons (Fsp3) is 0.425. The predicted molar refractivity (Wildman–Crippen MR) is 177 cm³/mol. The zero-order valence-corrected chi connectivity index (χ0v) is 32.4. The Morgan fingerprint density at radius 2 is 1.41 bits per heavy atom. The Balaban J connectivity index is 0.00000264. The Kier molecular flexibility index (Phi) is 11.1. The molecule has 1 unspecified atom stereocenters. The number of fused-ring (bicyclic) bond motifs is 3. The molecule has 0 N–H and O–H groups in total. The van der Waals surface area contributed by atoms with Gasteiger partial charge in [-0.05, 0) is 0 Å². The Morgan fingerprint density at radius 1 is 0.795 bits per heavy atom. The van der Waals surface area contributed by atoms with Crippen molar-refractivity contribution in [3.63, 3.8) is 0 Å². The van der Waals surface area contributed by atoms with E-state index in [-0.39, 0.29) is 46.9 Å². The van der Waals surface area contributed by atoms with E-state index in [9.17, 15) is 4.39 Å². The van der Waals surface area contributed by atoms with E-state index in [1.165, 1.54) is 33.4 Å². The Hall–Kier alpha value is -1.60. The first-order chi connectivity index (χ1) is 19.5. The monoisotopic (exact) mass is 708 g/mol. The molecule has 4 heteroatoms.